The second-order valence-electron chi connectivity index (χ2n) is 13.8. The monoisotopic (exact) mass is 672 g/mol. The quantitative estimate of drug-likeness (QED) is 0.0897. The summed E-state index contributed by atoms with van der Waals surface area (Å²) in [5, 5.41) is 3.35. The highest BCUT2D eigenvalue weighted by atomic mass is 32.1. The Morgan fingerprint density at radius 1 is 0.875 bits per heavy atom. The molecule has 1 aliphatic carbocycles. The number of hydrogen-bond acceptors (Lipinski definition) is 6. The van der Waals surface area contributed by atoms with E-state index in [2.05, 4.69) is 124 Å². The molecule has 48 heavy (non-hydrogen) atoms. The summed E-state index contributed by atoms with van der Waals surface area (Å²) in [7, 11) is -2.95. The van der Waals surface area contributed by atoms with Gasteiger partial charge in [-0.3, -0.25) is 4.79 Å². The van der Waals surface area contributed by atoms with Gasteiger partial charge in [0.2, 0.25) is 0 Å². The zero-order valence-electron chi connectivity index (χ0n) is 27.5. The van der Waals surface area contributed by atoms with Gasteiger partial charge in [0.25, 0.3) is 8.32 Å². The number of thiophene rings is 1. The van der Waals surface area contributed by atoms with Gasteiger partial charge < -0.3 is 13.9 Å². The number of ether oxygens (including phenoxy) is 2. The summed E-state index contributed by atoms with van der Waals surface area (Å²) in [4.78, 5) is 26.8. The van der Waals surface area contributed by atoms with Crippen molar-refractivity contribution in [3.8, 4) is 0 Å². The molecule has 1 saturated carbocycles. The van der Waals surface area contributed by atoms with Crippen LogP contribution in [-0.4, -0.2) is 32.5 Å². The van der Waals surface area contributed by atoms with E-state index in [0.717, 1.165) is 4.88 Å². The van der Waals surface area contributed by atoms with E-state index in [1.54, 1.807) is 23.5 Å². The van der Waals surface area contributed by atoms with Crippen LogP contribution in [0.5, 0.6) is 0 Å². The van der Waals surface area contributed by atoms with E-state index >= 15 is 0 Å². The molecule has 5 atom stereocenters. The Morgan fingerprint density at radius 2 is 1.48 bits per heavy atom. The molecule has 2 fully saturated rings. The highest BCUT2D eigenvalue weighted by molar-refractivity contribution is 7.19. The Morgan fingerprint density at radius 3 is 2.10 bits per heavy atom. The van der Waals surface area contributed by atoms with E-state index in [4.69, 9.17) is 13.9 Å². The van der Waals surface area contributed by atoms with Crippen molar-refractivity contribution in [3.05, 3.63) is 144 Å². The van der Waals surface area contributed by atoms with Crippen molar-refractivity contribution in [3.63, 3.8) is 0 Å². The zero-order valence-corrected chi connectivity index (χ0v) is 29.3. The summed E-state index contributed by atoms with van der Waals surface area (Å²) in [6, 6.07) is 41.0. The molecule has 0 bridgehead atoms. The normalized spacial score (nSPS) is 21.7. The molecule has 1 aromatic heterocycles. The molecular formula is C41H40O5SSi. The van der Waals surface area contributed by atoms with Crippen molar-refractivity contribution >= 4 is 52.1 Å². The summed E-state index contributed by atoms with van der Waals surface area (Å²) in [6.07, 6.45) is 3.99. The van der Waals surface area contributed by atoms with Gasteiger partial charge >= 0.3 is 11.9 Å². The molecule has 0 spiro atoms. The van der Waals surface area contributed by atoms with Crippen molar-refractivity contribution < 1.29 is 23.5 Å². The molecule has 5 aromatic rings. The van der Waals surface area contributed by atoms with E-state index < -0.39 is 20.5 Å². The van der Waals surface area contributed by atoms with Gasteiger partial charge in [0.05, 0.1) is 18.1 Å². The molecule has 244 valence electrons. The van der Waals surface area contributed by atoms with Gasteiger partial charge in [-0.05, 0) is 45.1 Å². The topological polar surface area (TPSA) is 61.8 Å². The molecular weight excluding hydrogens is 633 g/mol. The molecule has 1 saturated heterocycles. The Labute approximate surface area is 287 Å². The molecule has 7 rings (SSSR count). The number of hydrogen-bond donors (Lipinski definition) is 0. The molecule has 2 aliphatic rings. The van der Waals surface area contributed by atoms with E-state index in [1.807, 2.05) is 18.2 Å². The van der Waals surface area contributed by atoms with Gasteiger partial charge in [0.1, 0.15) is 12.2 Å². The maximum Gasteiger partial charge on any atom is 0.338 e. The van der Waals surface area contributed by atoms with Crippen LogP contribution in [0.1, 0.15) is 55.0 Å². The van der Waals surface area contributed by atoms with Crippen LogP contribution in [0.2, 0.25) is 5.04 Å². The zero-order chi connectivity index (χ0) is 33.3. The predicted octanol–water partition coefficient (Wildman–Crippen LogP) is 8.25. The third-order valence-corrected chi connectivity index (χ3v) is 16.0. The third-order valence-electron chi connectivity index (χ3n) is 9.77. The molecule has 0 amide bonds. The van der Waals surface area contributed by atoms with E-state index in [0.29, 0.717) is 18.4 Å². The SMILES string of the molecule is CC(C)(C)[Si](OC(C=CC1C(OC(=O)c2ccccc2)CC2OC(=O)CC21)c1cc2ccccc2s1)(c1ccccc1)c1ccccc1. The summed E-state index contributed by atoms with van der Waals surface area (Å²) in [5.74, 6) is -0.831. The first-order valence-electron chi connectivity index (χ1n) is 16.6. The maximum atomic E-state index is 13.2. The van der Waals surface area contributed by atoms with Crippen LogP contribution in [0, 0.1) is 11.8 Å². The highest BCUT2D eigenvalue weighted by Crippen LogP contribution is 2.46. The van der Waals surface area contributed by atoms with Gasteiger partial charge in [0, 0.05) is 27.8 Å². The smallest absolute Gasteiger partial charge is 0.338 e. The Hall–Kier alpha value is -4.30. The molecule has 5 nitrogen and oxygen atoms in total. The number of fused-ring (bicyclic) bond motifs is 2. The number of esters is 2. The first-order valence-corrected chi connectivity index (χ1v) is 19.4. The lowest BCUT2D eigenvalue weighted by Crippen LogP contribution is -2.66. The lowest BCUT2D eigenvalue weighted by molar-refractivity contribution is -0.141. The van der Waals surface area contributed by atoms with Crippen LogP contribution < -0.4 is 10.4 Å². The van der Waals surface area contributed by atoms with Crippen LogP contribution in [0.3, 0.4) is 0 Å². The second kappa shape index (κ2) is 13.3. The molecule has 2 heterocycles. The van der Waals surface area contributed by atoms with Crippen molar-refractivity contribution in [1.29, 1.82) is 0 Å². The number of benzene rings is 4. The summed E-state index contributed by atoms with van der Waals surface area (Å²) in [5.41, 5.74) is 0.507. The predicted molar refractivity (Wildman–Crippen MR) is 194 cm³/mol. The van der Waals surface area contributed by atoms with Crippen LogP contribution >= 0.6 is 11.3 Å². The third kappa shape index (κ3) is 6.18. The minimum absolute atomic E-state index is 0.0711. The van der Waals surface area contributed by atoms with E-state index in [9.17, 15) is 9.59 Å². The lowest BCUT2D eigenvalue weighted by Gasteiger charge is -2.44. The second-order valence-corrected chi connectivity index (χ2v) is 19.2. The fourth-order valence-corrected chi connectivity index (χ4v) is 13.3. The molecule has 1 aliphatic heterocycles. The van der Waals surface area contributed by atoms with Crippen molar-refractivity contribution in [1.82, 2.24) is 0 Å². The standard InChI is InChI=1S/C41H40O5SSi/c1-41(2,3)48(30-18-9-5-10-19-30,31-20-11-6-12-21-31)46-34(38-25-29-17-13-14-22-37(29)47-38)24-23-32-33-26-39(42)44-36(33)27-35(32)45-40(43)28-15-7-4-8-16-28/h4-25,32-36H,26-27H2,1-3H3. The fourth-order valence-electron chi connectivity index (χ4n) is 7.52. The average molecular weight is 673 g/mol. The van der Waals surface area contributed by atoms with Gasteiger partial charge in [-0.2, -0.15) is 0 Å². The van der Waals surface area contributed by atoms with Gasteiger partial charge in [0.15, 0.2) is 0 Å². The van der Waals surface area contributed by atoms with Crippen LogP contribution in [0.4, 0.5) is 0 Å². The molecule has 0 radical (unpaired) electrons. The summed E-state index contributed by atoms with van der Waals surface area (Å²) < 4.78 is 20.8. The van der Waals surface area contributed by atoms with Crippen LogP contribution in [0.15, 0.2) is 133 Å². The largest absolute Gasteiger partial charge is 0.462 e. The number of rotatable bonds is 9. The minimum atomic E-state index is -2.95. The lowest BCUT2D eigenvalue weighted by atomic mass is 9.91. The first kappa shape index (κ1) is 32.3. The first-order chi connectivity index (χ1) is 23.2. The molecule has 7 heteroatoms. The minimum Gasteiger partial charge on any atom is -0.462 e. The Bertz CT molecular complexity index is 1840. The highest BCUT2D eigenvalue weighted by Gasteiger charge is 2.53. The molecule has 0 N–H and O–H groups in total. The Balaban J connectivity index is 1.32. The van der Waals surface area contributed by atoms with Crippen molar-refractivity contribution in [2.24, 2.45) is 11.8 Å². The molecule has 5 unspecified atom stereocenters. The maximum absolute atomic E-state index is 13.2. The number of carbonyl (C=O) groups excluding carboxylic acids is 2. The van der Waals surface area contributed by atoms with E-state index in [-0.39, 0.29) is 34.9 Å². The van der Waals surface area contributed by atoms with Crippen LogP contribution in [0.25, 0.3) is 10.1 Å². The summed E-state index contributed by atoms with van der Waals surface area (Å²) in [6.45, 7) is 6.85. The van der Waals surface area contributed by atoms with Gasteiger partial charge in [-0.25, -0.2) is 4.79 Å². The van der Waals surface area contributed by atoms with E-state index in [1.165, 1.54) is 20.5 Å². The average Bonchev–Trinajstić information content (AvgIpc) is 3.78. The number of carbonyl (C=O) groups is 2. The fraction of sp³-hybridized carbons (Fsp3) is 0.268. The van der Waals surface area contributed by atoms with Gasteiger partial charge in [-0.15, -0.1) is 11.3 Å². The van der Waals surface area contributed by atoms with Crippen LogP contribution in [-0.2, 0) is 18.7 Å². The van der Waals surface area contributed by atoms with Gasteiger partial charge in [-0.1, -0.05) is 130 Å². The van der Waals surface area contributed by atoms with Crippen molar-refractivity contribution in [2.45, 2.75) is 57.0 Å². The Kier molecular flexibility index (Phi) is 8.94. The molecule has 4 aromatic carbocycles. The summed E-state index contributed by atoms with van der Waals surface area (Å²) >= 11 is 1.74. The van der Waals surface area contributed by atoms with Crippen molar-refractivity contribution in [2.75, 3.05) is 0 Å².